The van der Waals surface area contributed by atoms with Crippen LogP contribution in [0.3, 0.4) is 0 Å². The van der Waals surface area contributed by atoms with Gasteiger partial charge in [0.1, 0.15) is 6.61 Å². The summed E-state index contributed by atoms with van der Waals surface area (Å²) in [5.74, 6) is 0.378. The van der Waals surface area contributed by atoms with E-state index >= 15 is 0 Å². The van der Waals surface area contributed by atoms with Crippen molar-refractivity contribution < 1.29 is 23.8 Å². The number of allylic oxidation sites excluding steroid dienone is 1. The lowest BCUT2D eigenvalue weighted by Gasteiger charge is -2.29. The topological polar surface area (TPSA) is 85.9 Å². The van der Waals surface area contributed by atoms with Gasteiger partial charge in [-0.2, -0.15) is 0 Å². The molecule has 1 atom stereocenters. The maximum absolute atomic E-state index is 12.5. The molecule has 0 saturated carbocycles. The molecule has 2 aromatic rings. The summed E-state index contributed by atoms with van der Waals surface area (Å²) >= 11 is 12.4. The van der Waals surface area contributed by atoms with E-state index in [0.717, 1.165) is 6.42 Å². The van der Waals surface area contributed by atoms with E-state index in [2.05, 4.69) is 10.6 Å². The Bertz CT molecular complexity index is 1030. The quantitative estimate of drug-likeness (QED) is 0.511. The first-order valence-corrected chi connectivity index (χ1v) is 10.8. The van der Waals surface area contributed by atoms with E-state index in [1.54, 1.807) is 36.4 Å². The summed E-state index contributed by atoms with van der Waals surface area (Å²) in [7, 11) is 2.82. The highest BCUT2D eigenvalue weighted by atomic mass is 35.5. The molecule has 0 bridgehead atoms. The molecule has 1 heterocycles. The van der Waals surface area contributed by atoms with Crippen LogP contribution in [-0.2, 0) is 16.1 Å². The molecule has 1 aliphatic heterocycles. The first kappa shape index (κ1) is 23.8. The number of rotatable bonds is 8. The molecular weight excluding hydrogens is 455 g/mol. The predicted octanol–water partition coefficient (Wildman–Crippen LogP) is 5.16. The van der Waals surface area contributed by atoms with Gasteiger partial charge in [0.15, 0.2) is 11.5 Å². The number of carbonyl (C=O) groups is 2. The third kappa shape index (κ3) is 5.11. The summed E-state index contributed by atoms with van der Waals surface area (Å²) in [6.07, 6.45) is 1.29. The molecule has 1 unspecified atom stereocenters. The maximum Gasteiger partial charge on any atom is 0.337 e. The molecule has 7 nitrogen and oxygen atoms in total. The highest BCUT2D eigenvalue weighted by Gasteiger charge is 2.33. The summed E-state index contributed by atoms with van der Waals surface area (Å²) in [4.78, 5) is 24.8. The molecule has 0 aromatic heterocycles. The smallest absolute Gasteiger partial charge is 0.337 e. The van der Waals surface area contributed by atoms with Gasteiger partial charge in [0, 0.05) is 21.3 Å². The van der Waals surface area contributed by atoms with Crippen LogP contribution >= 0.6 is 23.2 Å². The SMILES string of the molecule is CCCC1=C(C(=O)OC)C(c2ccc(OCc3c(Cl)cccc3Cl)c(OC)c2)NC(=O)N1. The lowest BCUT2D eigenvalue weighted by molar-refractivity contribution is -0.136. The molecule has 3 rings (SSSR count). The standard InChI is InChI=1S/C23H24Cl2N2O5/c1-4-6-17-20(22(28)31-3)21(27-23(29)26-17)13-9-10-18(19(11-13)30-2)32-12-14-15(24)7-5-8-16(14)25/h5,7-11,21H,4,6,12H2,1-3H3,(H2,26,27,29). The number of ether oxygens (including phenoxy) is 3. The average molecular weight is 479 g/mol. The van der Waals surface area contributed by atoms with Gasteiger partial charge in [-0.25, -0.2) is 9.59 Å². The van der Waals surface area contributed by atoms with Gasteiger partial charge in [-0.15, -0.1) is 0 Å². The highest BCUT2D eigenvalue weighted by Crippen LogP contribution is 2.36. The van der Waals surface area contributed by atoms with Gasteiger partial charge in [0.25, 0.3) is 0 Å². The molecular formula is C23H24Cl2N2O5. The van der Waals surface area contributed by atoms with E-state index in [-0.39, 0.29) is 6.61 Å². The Balaban J connectivity index is 1.93. The molecule has 0 saturated heterocycles. The van der Waals surface area contributed by atoms with Crippen LogP contribution in [-0.4, -0.2) is 26.2 Å². The first-order chi connectivity index (χ1) is 15.4. The van der Waals surface area contributed by atoms with Crippen LogP contribution in [0.4, 0.5) is 4.79 Å². The second kappa shape index (κ2) is 10.6. The Morgan fingerprint density at radius 2 is 1.81 bits per heavy atom. The average Bonchev–Trinajstić information content (AvgIpc) is 2.78. The molecule has 32 heavy (non-hydrogen) atoms. The fraction of sp³-hybridized carbons (Fsp3) is 0.304. The molecule has 0 spiro atoms. The molecule has 170 valence electrons. The fourth-order valence-electron chi connectivity index (χ4n) is 3.47. The molecule has 0 radical (unpaired) electrons. The summed E-state index contributed by atoms with van der Waals surface area (Å²) in [5.41, 5.74) is 2.20. The van der Waals surface area contributed by atoms with Crippen molar-refractivity contribution in [2.24, 2.45) is 0 Å². The molecule has 2 amide bonds. The van der Waals surface area contributed by atoms with Gasteiger partial charge < -0.3 is 24.8 Å². The van der Waals surface area contributed by atoms with E-state index in [1.165, 1.54) is 14.2 Å². The van der Waals surface area contributed by atoms with Crippen molar-refractivity contribution >= 4 is 35.2 Å². The zero-order chi connectivity index (χ0) is 23.3. The largest absolute Gasteiger partial charge is 0.493 e. The molecule has 2 aromatic carbocycles. The Morgan fingerprint density at radius 1 is 1.09 bits per heavy atom. The summed E-state index contributed by atoms with van der Waals surface area (Å²) in [6.45, 7) is 2.11. The summed E-state index contributed by atoms with van der Waals surface area (Å²) < 4.78 is 16.4. The van der Waals surface area contributed by atoms with E-state index < -0.39 is 18.0 Å². The number of nitrogens with one attached hydrogen (secondary N) is 2. The van der Waals surface area contributed by atoms with Crippen molar-refractivity contribution in [2.75, 3.05) is 14.2 Å². The predicted molar refractivity (Wildman–Crippen MR) is 122 cm³/mol. The van der Waals surface area contributed by atoms with Crippen LogP contribution in [0.2, 0.25) is 10.0 Å². The minimum absolute atomic E-state index is 0.145. The molecule has 1 aliphatic rings. The zero-order valence-electron chi connectivity index (χ0n) is 18.0. The van der Waals surface area contributed by atoms with Crippen LogP contribution in [0.1, 0.15) is 36.9 Å². The normalized spacial score (nSPS) is 15.7. The van der Waals surface area contributed by atoms with Crippen LogP contribution in [0.15, 0.2) is 47.7 Å². The number of esters is 1. The van der Waals surface area contributed by atoms with Gasteiger partial charge in [-0.3, -0.25) is 0 Å². The Morgan fingerprint density at radius 3 is 2.44 bits per heavy atom. The van der Waals surface area contributed by atoms with Crippen LogP contribution in [0.25, 0.3) is 0 Å². The van der Waals surface area contributed by atoms with Gasteiger partial charge in [0.05, 0.1) is 25.8 Å². The Labute approximate surface area is 196 Å². The Kier molecular flexibility index (Phi) is 7.88. The van der Waals surface area contributed by atoms with Crippen LogP contribution in [0, 0.1) is 0 Å². The number of amides is 2. The second-order valence-electron chi connectivity index (χ2n) is 7.06. The number of carbonyl (C=O) groups excluding carboxylic acids is 2. The van der Waals surface area contributed by atoms with Gasteiger partial charge in [0.2, 0.25) is 0 Å². The zero-order valence-corrected chi connectivity index (χ0v) is 19.5. The van der Waals surface area contributed by atoms with Crippen molar-refractivity contribution in [3.8, 4) is 11.5 Å². The second-order valence-corrected chi connectivity index (χ2v) is 7.88. The van der Waals surface area contributed by atoms with E-state index in [4.69, 9.17) is 37.4 Å². The first-order valence-electron chi connectivity index (χ1n) is 10.0. The minimum Gasteiger partial charge on any atom is -0.493 e. The molecule has 9 heteroatoms. The number of halogens is 2. The number of methoxy groups -OCH3 is 2. The fourth-order valence-corrected chi connectivity index (χ4v) is 3.98. The Hall–Kier alpha value is -2.90. The molecule has 0 fully saturated rings. The third-order valence-corrected chi connectivity index (χ3v) is 5.72. The lowest BCUT2D eigenvalue weighted by Crippen LogP contribution is -2.45. The monoisotopic (exact) mass is 478 g/mol. The summed E-state index contributed by atoms with van der Waals surface area (Å²) in [6, 6.07) is 9.33. The lowest BCUT2D eigenvalue weighted by atomic mass is 9.93. The minimum atomic E-state index is -0.696. The maximum atomic E-state index is 12.5. The molecule has 0 aliphatic carbocycles. The summed E-state index contributed by atoms with van der Waals surface area (Å²) in [5, 5.41) is 6.51. The van der Waals surface area contributed by atoms with Gasteiger partial charge in [-0.05, 0) is 36.2 Å². The van der Waals surface area contributed by atoms with Crippen LogP contribution in [0.5, 0.6) is 11.5 Å². The van der Waals surface area contributed by atoms with Crippen molar-refractivity contribution in [1.29, 1.82) is 0 Å². The number of hydrogen-bond donors (Lipinski definition) is 2. The number of urea groups is 1. The van der Waals surface area contributed by atoms with Crippen molar-refractivity contribution in [2.45, 2.75) is 32.4 Å². The van der Waals surface area contributed by atoms with Gasteiger partial charge in [-0.1, -0.05) is 48.7 Å². The highest BCUT2D eigenvalue weighted by molar-refractivity contribution is 6.35. The van der Waals surface area contributed by atoms with E-state index in [0.29, 0.717) is 50.4 Å². The number of benzene rings is 2. The molecule has 2 N–H and O–H groups in total. The third-order valence-electron chi connectivity index (χ3n) is 5.01. The van der Waals surface area contributed by atoms with Gasteiger partial charge >= 0.3 is 12.0 Å². The number of hydrogen-bond acceptors (Lipinski definition) is 5. The van der Waals surface area contributed by atoms with Crippen molar-refractivity contribution in [1.82, 2.24) is 10.6 Å². The van der Waals surface area contributed by atoms with E-state index in [1.807, 2.05) is 6.92 Å². The van der Waals surface area contributed by atoms with Crippen molar-refractivity contribution in [3.05, 3.63) is 68.8 Å². The van der Waals surface area contributed by atoms with Crippen molar-refractivity contribution in [3.63, 3.8) is 0 Å². The van der Waals surface area contributed by atoms with Crippen LogP contribution < -0.4 is 20.1 Å². The van der Waals surface area contributed by atoms with E-state index in [9.17, 15) is 9.59 Å².